The van der Waals surface area contributed by atoms with Crippen molar-refractivity contribution in [2.24, 2.45) is 0 Å². The summed E-state index contributed by atoms with van der Waals surface area (Å²) in [4.78, 5) is 0. The van der Waals surface area contributed by atoms with Crippen molar-refractivity contribution >= 4 is 0 Å². The third-order valence-corrected chi connectivity index (χ3v) is 3.23. The molecule has 16 heavy (non-hydrogen) atoms. The average Bonchev–Trinajstić information content (AvgIpc) is 2.29. The third-order valence-electron chi connectivity index (χ3n) is 3.23. The van der Waals surface area contributed by atoms with E-state index in [9.17, 15) is 5.11 Å². The predicted molar refractivity (Wildman–Crippen MR) is 64.0 cm³/mol. The molecule has 0 amide bonds. The summed E-state index contributed by atoms with van der Waals surface area (Å²) in [6, 6.07) is 10.0. The van der Waals surface area contributed by atoms with Crippen molar-refractivity contribution in [2.45, 2.75) is 37.6 Å². The first-order valence-electron chi connectivity index (χ1n) is 5.73. The molecule has 0 saturated heterocycles. The van der Waals surface area contributed by atoms with Crippen LogP contribution in [0.1, 0.15) is 24.8 Å². The SMILES string of the molecule is C=CC[C@@]1(O)CC[C@H]1OCc1ccccc1. The van der Waals surface area contributed by atoms with E-state index in [1.165, 1.54) is 0 Å². The topological polar surface area (TPSA) is 29.5 Å². The fourth-order valence-electron chi connectivity index (χ4n) is 2.09. The Bertz CT molecular complexity index is 347. The minimum Gasteiger partial charge on any atom is -0.387 e. The summed E-state index contributed by atoms with van der Waals surface area (Å²) in [5.41, 5.74) is 0.478. The van der Waals surface area contributed by atoms with Gasteiger partial charge in [0, 0.05) is 0 Å². The van der Waals surface area contributed by atoms with Gasteiger partial charge in [-0.05, 0) is 24.8 Å². The molecule has 0 aromatic heterocycles. The van der Waals surface area contributed by atoms with Crippen LogP contribution in [0.3, 0.4) is 0 Å². The Morgan fingerprint density at radius 2 is 2.19 bits per heavy atom. The van der Waals surface area contributed by atoms with Crippen LogP contribution in [0.15, 0.2) is 43.0 Å². The molecule has 1 aromatic rings. The van der Waals surface area contributed by atoms with Crippen molar-refractivity contribution in [3.63, 3.8) is 0 Å². The number of rotatable bonds is 5. The largest absolute Gasteiger partial charge is 0.387 e. The molecule has 0 bridgehead atoms. The lowest BCUT2D eigenvalue weighted by Gasteiger charge is -2.44. The van der Waals surface area contributed by atoms with E-state index < -0.39 is 5.60 Å². The highest BCUT2D eigenvalue weighted by Gasteiger charge is 2.44. The Kier molecular flexibility index (Phi) is 3.42. The molecule has 0 spiro atoms. The fourth-order valence-corrected chi connectivity index (χ4v) is 2.09. The second-order valence-electron chi connectivity index (χ2n) is 4.42. The van der Waals surface area contributed by atoms with Crippen molar-refractivity contribution in [3.05, 3.63) is 48.6 Å². The lowest BCUT2D eigenvalue weighted by atomic mass is 9.74. The van der Waals surface area contributed by atoms with E-state index in [1.54, 1.807) is 6.08 Å². The third kappa shape index (κ3) is 2.34. The van der Waals surface area contributed by atoms with Crippen molar-refractivity contribution in [1.82, 2.24) is 0 Å². The Morgan fingerprint density at radius 1 is 1.44 bits per heavy atom. The van der Waals surface area contributed by atoms with Gasteiger partial charge in [-0.15, -0.1) is 6.58 Å². The van der Waals surface area contributed by atoms with Crippen molar-refractivity contribution in [3.8, 4) is 0 Å². The summed E-state index contributed by atoms with van der Waals surface area (Å²) in [5.74, 6) is 0. The lowest BCUT2D eigenvalue weighted by molar-refractivity contribution is -0.175. The van der Waals surface area contributed by atoms with E-state index in [0.717, 1.165) is 18.4 Å². The van der Waals surface area contributed by atoms with Gasteiger partial charge in [-0.1, -0.05) is 36.4 Å². The monoisotopic (exact) mass is 218 g/mol. The van der Waals surface area contributed by atoms with Gasteiger partial charge in [-0.25, -0.2) is 0 Å². The first kappa shape index (κ1) is 11.4. The molecule has 1 aliphatic rings. The molecule has 1 N–H and O–H groups in total. The van der Waals surface area contributed by atoms with Crippen LogP contribution in [0.4, 0.5) is 0 Å². The van der Waals surface area contributed by atoms with E-state index in [2.05, 4.69) is 6.58 Å². The van der Waals surface area contributed by atoms with Gasteiger partial charge in [0.15, 0.2) is 0 Å². The van der Waals surface area contributed by atoms with E-state index in [-0.39, 0.29) is 6.10 Å². The molecule has 0 heterocycles. The Labute approximate surface area is 96.6 Å². The Balaban J connectivity index is 1.85. The molecule has 0 unspecified atom stereocenters. The van der Waals surface area contributed by atoms with E-state index in [1.807, 2.05) is 30.3 Å². The molecule has 2 heteroatoms. The summed E-state index contributed by atoms with van der Waals surface area (Å²) in [7, 11) is 0. The number of benzene rings is 1. The van der Waals surface area contributed by atoms with E-state index in [4.69, 9.17) is 4.74 Å². The number of hydrogen-bond acceptors (Lipinski definition) is 2. The lowest BCUT2D eigenvalue weighted by Crippen LogP contribution is -2.52. The minimum atomic E-state index is -0.670. The molecular formula is C14H18O2. The number of ether oxygens (including phenoxy) is 1. The summed E-state index contributed by atoms with van der Waals surface area (Å²) in [6.45, 7) is 4.24. The molecule has 0 radical (unpaired) electrons. The normalized spacial score (nSPS) is 28.4. The quantitative estimate of drug-likeness (QED) is 0.770. The molecule has 1 aliphatic carbocycles. The van der Waals surface area contributed by atoms with Gasteiger partial charge in [0.1, 0.15) is 0 Å². The molecule has 1 aromatic carbocycles. The van der Waals surface area contributed by atoms with Crippen LogP contribution >= 0.6 is 0 Å². The second-order valence-corrected chi connectivity index (χ2v) is 4.42. The molecule has 2 nitrogen and oxygen atoms in total. The Morgan fingerprint density at radius 3 is 2.75 bits per heavy atom. The van der Waals surface area contributed by atoms with Gasteiger partial charge in [0.05, 0.1) is 18.3 Å². The smallest absolute Gasteiger partial charge is 0.0943 e. The van der Waals surface area contributed by atoms with Gasteiger partial charge >= 0.3 is 0 Å². The van der Waals surface area contributed by atoms with Crippen molar-refractivity contribution in [1.29, 1.82) is 0 Å². The van der Waals surface area contributed by atoms with Gasteiger partial charge in [-0.3, -0.25) is 0 Å². The summed E-state index contributed by atoms with van der Waals surface area (Å²) < 4.78 is 5.73. The van der Waals surface area contributed by atoms with Crippen LogP contribution in [0.5, 0.6) is 0 Å². The molecule has 2 atom stereocenters. The average molecular weight is 218 g/mol. The zero-order valence-corrected chi connectivity index (χ0v) is 9.43. The maximum absolute atomic E-state index is 10.2. The predicted octanol–water partition coefficient (Wildman–Crippen LogP) is 2.67. The molecule has 0 aliphatic heterocycles. The van der Waals surface area contributed by atoms with Crippen LogP contribution in [-0.2, 0) is 11.3 Å². The van der Waals surface area contributed by atoms with Crippen LogP contribution in [-0.4, -0.2) is 16.8 Å². The van der Waals surface area contributed by atoms with Gasteiger partial charge in [-0.2, -0.15) is 0 Å². The Hall–Kier alpha value is -1.12. The number of aliphatic hydroxyl groups is 1. The summed E-state index contributed by atoms with van der Waals surface area (Å²) in [6.07, 6.45) is 4.10. The maximum atomic E-state index is 10.2. The fraction of sp³-hybridized carbons (Fsp3) is 0.429. The summed E-state index contributed by atoms with van der Waals surface area (Å²) >= 11 is 0. The van der Waals surface area contributed by atoms with Crippen LogP contribution in [0.2, 0.25) is 0 Å². The maximum Gasteiger partial charge on any atom is 0.0943 e. The minimum absolute atomic E-state index is 0.0364. The van der Waals surface area contributed by atoms with Crippen molar-refractivity contribution < 1.29 is 9.84 Å². The zero-order chi connectivity index (χ0) is 11.4. The van der Waals surface area contributed by atoms with Gasteiger partial charge < -0.3 is 9.84 Å². The van der Waals surface area contributed by atoms with Gasteiger partial charge in [0.25, 0.3) is 0 Å². The summed E-state index contributed by atoms with van der Waals surface area (Å²) in [5, 5.41) is 10.2. The van der Waals surface area contributed by atoms with Crippen LogP contribution in [0.25, 0.3) is 0 Å². The molecule has 2 rings (SSSR count). The molecule has 86 valence electrons. The highest BCUT2D eigenvalue weighted by Crippen LogP contribution is 2.38. The zero-order valence-electron chi connectivity index (χ0n) is 9.43. The standard InChI is InChI=1S/C14H18O2/c1-2-9-14(15)10-8-13(14)16-11-12-6-4-3-5-7-12/h2-7,13,15H,1,8-11H2/t13-,14-/m1/s1. The first-order chi connectivity index (χ1) is 7.74. The van der Waals surface area contributed by atoms with E-state index in [0.29, 0.717) is 13.0 Å². The van der Waals surface area contributed by atoms with Gasteiger partial charge in [0.2, 0.25) is 0 Å². The highest BCUT2D eigenvalue weighted by molar-refractivity contribution is 5.13. The van der Waals surface area contributed by atoms with Crippen molar-refractivity contribution in [2.75, 3.05) is 0 Å². The number of hydrogen-bond donors (Lipinski definition) is 1. The van der Waals surface area contributed by atoms with Crippen LogP contribution < -0.4 is 0 Å². The van der Waals surface area contributed by atoms with Crippen LogP contribution in [0, 0.1) is 0 Å². The molecular weight excluding hydrogens is 200 g/mol. The highest BCUT2D eigenvalue weighted by atomic mass is 16.5. The molecule has 1 fully saturated rings. The first-order valence-corrected chi connectivity index (χ1v) is 5.73. The second kappa shape index (κ2) is 4.81. The molecule has 1 saturated carbocycles. The van der Waals surface area contributed by atoms with E-state index >= 15 is 0 Å².